The van der Waals surface area contributed by atoms with Crippen LogP contribution in [0.2, 0.25) is 0 Å². The van der Waals surface area contributed by atoms with Crippen molar-refractivity contribution >= 4 is 5.91 Å². The van der Waals surface area contributed by atoms with E-state index in [0.29, 0.717) is 18.6 Å². The molecule has 3 atom stereocenters. The predicted molar refractivity (Wildman–Crippen MR) is 102 cm³/mol. The summed E-state index contributed by atoms with van der Waals surface area (Å²) >= 11 is 0. The molecule has 0 radical (unpaired) electrons. The average molecular weight is 381 g/mol. The molecule has 1 aliphatic rings. The van der Waals surface area contributed by atoms with Gasteiger partial charge in [-0.05, 0) is 49.1 Å². The normalized spacial score (nSPS) is 21.5. The summed E-state index contributed by atoms with van der Waals surface area (Å²) in [5, 5.41) is 17.4. The Kier molecular flexibility index (Phi) is 5.43. The van der Waals surface area contributed by atoms with Crippen molar-refractivity contribution in [1.82, 2.24) is 15.1 Å². The third-order valence-electron chi connectivity index (χ3n) is 4.96. The molecule has 146 valence electrons. The Balaban J connectivity index is 1.29. The van der Waals surface area contributed by atoms with Gasteiger partial charge >= 0.3 is 0 Å². The number of aliphatic hydroxyl groups is 1. The zero-order chi connectivity index (χ0) is 19.3. The molecule has 2 aromatic heterocycles. The Bertz CT molecular complexity index is 892. The van der Waals surface area contributed by atoms with Crippen molar-refractivity contribution in [1.29, 1.82) is 0 Å². The van der Waals surface area contributed by atoms with Crippen LogP contribution >= 0.6 is 0 Å². The molecule has 7 heteroatoms. The minimum absolute atomic E-state index is 0.217. The number of amides is 1. The van der Waals surface area contributed by atoms with Crippen LogP contribution in [0.5, 0.6) is 5.75 Å². The van der Waals surface area contributed by atoms with Gasteiger partial charge in [0, 0.05) is 18.9 Å². The van der Waals surface area contributed by atoms with Crippen LogP contribution in [0.3, 0.4) is 0 Å². The second-order valence-electron chi connectivity index (χ2n) is 7.08. The summed E-state index contributed by atoms with van der Waals surface area (Å²) in [5.41, 5.74) is 0. The fraction of sp³-hybridized carbons (Fsp3) is 0.333. The van der Waals surface area contributed by atoms with Crippen LogP contribution in [-0.2, 0) is 13.2 Å². The fourth-order valence-corrected chi connectivity index (χ4v) is 3.58. The third kappa shape index (κ3) is 4.43. The zero-order valence-electron chi connectivity index (χ0n) is 15.4. The summed E-state index contributed by atoms with van der Waals surface area (Å²) < 4.78 is 13.1. The van der Waals surface area contributed by atoms with Crippen molar-refractivity contribution in [2.75, 3.05) is 0 Å². The number of rotatable bonds is 7. The zero-order valence-corrected chi connectivity index (χ0v) is 15.4. The summed E-state index contributed by atoms with van der Waals surface area (Å²) in [7, 11) is 0. The first-order valence-corrected chi connectivity index (χ1v) is 9.40. The number of carbonyl (C=O) groups is 1. The first-order chi connectivity index (χ1) is 13.7. The molecule has 1 aliphatic carbocycles. The first-order valence-electron chi connectivity index (χ1n) is 9.40. The second kappa shape index (κ2) is 8.31. The Morgan fingerprint density at radius 3 is 2.86 bits per heavy atom. The van der Waals surface area contributed by atoms with Gasteiger partial charge < -0.3 is 19.6 Å². The van der Waals surface area contributed by atoms with Crippen LogP contribution in [0, 0.1) is 5.92 Å². The molecular weight excluding hydrogens is 358 g/mol. The van der Waals surface area contributed by atoms with Gasteiger partial charge in [0.05, 0.1) is 12.1 Å². The number of para-hydroxylation sites is 1. The first kappa shape index (κ1) is 18.3. The molecule has 1 unspecified atom stereocenters. The van der Waals surface area contributed by atoms with E-state index in [2.05, 4.69) is 10.4 Å². The Labute approximate surface area is 162 Å². The van der Waals surface area contributed by atoms with Crippen molar-refractivity contribution < 1.29 is 19.1 Å². The minimum atomic E-state index is -0.569. The predicted octanol–water partition coefficient (Wildman–Crippen LogP) is 2.62. The quantitative estimate of drug-likeness (QED) is 0.657. The van der Waals surface area contributed by atoms with Crippen LogP contribution in [0.4, 0.5) is 0 Å². The molecule has 1 amide bonds. The number of carbonyl (C=O) groups excluding carboxylic acids is 1. The lowest BCUT2D eigenvalue weighted by atomic mass is 10.1. The highest BCUT2D eigenvalue weighted by atomic mass is 16.5. The number of nitrogens with zero attached hydrogens (tertiary/aromatic N) is 2. The van der Waals surface area contributed by atoms with Crippen LogP contribution in [-0.4, -0.2) is 32.9 Å². The van der Waals surface area contributed by atoms with Gasteiger partial charge in [0.2, 0.25) is 0 Å². The van der Waals surface area contributed by atoms with Crippen LogP contribution in [0.25, 0.3) is 0 Å². The molecule has 28 heavy (non-hydrogen) atoms. The summed E-state index contributed by atoms with van der Waals surface area (Å²) in [5.74, 6) is 1.47. The molecule has 0 saturated heterocycles. The third-order valence-corrected chi connectivity index (χ3v) is 4.96. The highest BCUT2D eigenvalue weighted by Gasteiger charge is 2.34. The number of hydrogen-bond donors (Lipinski definition) is 2. The van der Waals surface area contributed by atoms with Gasteiger partial charge in [-0.1, -0.05) is 18.2 Å². The molecule has 1 fully saturated rings. The van der Waals surface area contributed by atoms with Gasteiger partial charge in [0.25, 0.3) is 5.91 Å². The van der Waals surface area contributed by atoms with E-state index in [1.54, 1.807) is 18.3 Å². The van der Waals surface area contributed by atoms with Gasteiger partial charge in [-0.25, -0.2) is 0 Å². The highest BCUT2D eigenvalue weighted by Crippen LogP contribution is 2.28. The van der Waals surface area contributed by atoms with Gasteiger partial charge in [0.1, 0.15) is 18.1 Å². The van der Waals surface area contributed by atoms with Gasteiger partial charge in [-0.2, -0.15) is 5.10 Å². The molecule has 1 aromatic carbocycles. The van der Waals surface area contributed by atoms with Gasteiger partial charge in [0.15, 0.2) is 5.76 Å². The van der Waals surface area contributed by atoms with Crippen LogP contribution in [0.1, 0.15) is 29.2 Å². The van der Waals surface area contributed by atoms with Crippen molar-refractivity contribution in [3.63, 3.8) is 0 Å². The molecule has 3 aromatic rings. The molecule has 2 heterocycles. The molecule has 4 rings (SSSR count). The fourth-order valence-electron chi connectivity index (χ4n) is 3.58. The summed E-state index contributed by atoms with van der Waals surface area (Å²) in [6.45, 7) is 0.980. The number of ether oxygens (including phenoxy) is 1. The van der Waals surface area contributed by atoms with E-state index in [9.17, 15) is 9.90 Å². The lowest BCUT2D eigenvalue weighted by Crippen LogP contribution is -2.39. The number of hydrogen-bond acceptors (Lipinski definition) is 5. The molecule has 0 bridgehead atoms. The van der Waals surface area contributed by atoms with E-state index in [4.69, 9.17) is 9.15 Å². The van der Waals surface area contributed by atoms with E-state index in [1.807, 2.05) is 47.3 Å². The van der Waals surface area contributed by atoms with Crippen molar-refractivity contribution in [2.24, 2.45) is 5.92 Å². The summed E-state index contributed by atoms with van der Waals surface area (Å²) in [4.78, 5) is 12.5. The maximum absolute atomic E-state index is 12.5. The molecule has 0 spiro atoms. The maximum atomic E-state index is 12.5. The van der Waals surface area contributed by atoms with Gasteiger partial charge in [-0.3, -0.25) is 9.48 Å². The molecular formula is C21H23N3O4. The second-order valence-corrected chi connectivity index (χ2v) is 7.08. The topological polar surface area (TPSA) is 89.5 Å². The lowest BCUT2D eigenvalue weighted by molar-refractivity contribution is 0.0842. The van der Waals surface area contributed by atoms with Crippen molar-refractivity contribution in [3.8, 4) is 5.75 Å². The van der Waals surface area contributed by atoms with E-state index in [-0.39, 0.29) is 30.2 Å². The smallest absolute Gasteiger partial charge is 0.287 e. The molecule has 1 saturated carbocycles. The Morgan fingerprint density at radius 2 is 2.07 bits per heavy atom. The molecule has 0 aliphatic heterocycles. The van der Waals surface area contributed by atoms with Crippen LogP contribution < -0.4 is 10.1 Å². The van der Waals surface area contributed by atoms with Crippen molar-refractivity contribution in [2.45, 2.75) is 38.1 Å². The largest absolute Gasteiger partial charge is 0.486 e. The van der Waals surface area contributed by atoms with Crippen LogP contribution in [0.15, 0.2) is 65.3 Å². The van der Waals surface area contributed by atoms with E-state index < -0.39 is 6.10 Å². The monoisotopic (exact) mass is 381 g/mol. The molecule has 7 nitrogen and oxygen atoms in total. The number of furan rings is 1. The van der Waals surface area contributed by atoms with Crippen molar-refractivity contribution in [3.05, 3.63) is 72.4 Å². The standard InChI is InChI=1S/C21H23N3O4/c25-19-12-15(13-24-10-4-9-22-24)11-18(19)23-21(26)20-8-7-17(28-20)14-27-16-5-2-1-3-6-16/h1-10,15,18-19,25H,11-14H2,(H,23,26)/t15?,18-,19-/m1/s1. The van der Waals surface area contributed by atoms with E-state index in [1.165, 1.54) is 0 Å². The number of aliphatic hydroxyl groups excluding tert-OH is 1. The van der Waals surface area contributed by atoms with E-state index >= 15 is 0 Å². The average Bonchev–Trinajstić information content (AvgIpc) is 3.44. The summed E-state index contributed by atoms with van der Waals surface area (Å²) in [6, 6.07) is 14.4. The Morgan fingerprint density at radius 1 is 1.21 bits per heavy atom. The SMILES string of the molecule is O=C(N[C@@H]1CC(Cn2cccn2)C[C@H]1O)c1ccc(COc2ccccc2)o1. The lowest BCUT2D eigenvalue weighted by Gasteiger charge is -2.15. The van der Waals surface area contributed by atoms with E-state index in [0.717, 1.165) is 12.3 Å². The number of benzene rings is 1. The maximum Gasteiger partial charge on any atom is 0.287 e. The number of aromatic nitrogens is 2. The molecule has 2 N–H and O–H groups in total. The number of nitrogens with one attached hydrogen (secondary N) is 1. The minimum Gasteiger partial charge on any atom is -0.486 e. The summed E-state index contributed by atoms with van der Waals surface area (Å²) in [6.07, 6.45) is 4.41. The highest BCUT2D eigenvalue weighted by molar-refractivity contribution is 5.91. The Hall–Kier alpha value is -3.06. The van der Waals surface area contributed by atoms with Gasteiger partial charge in [-0.15, -0.1) is 0 Å².